The van der Waals surface area contributed by atoms with Crippen molar-refractivity contribution in [2.75, 3.05) is 18.5 Å². The summed E-state index contributed by atoms with van der Waals surface area (Å²) in [6, 6.07) is 3.67. The van der Waals surface area contributed by atoms with Crippen LogP contribution < -0.4 is 16.4 Å². The average molecular weight is 494 g/mol. The van der Waals surface area contributed by atoms with Crippen molar-refractivity contribution in [1.82, 2.24) is 14.9 Å². The van der Waals surface area contributed by atoms with Crippen LogP contribution in [0.5, 0.6) is 0 Å². The van der Waals surface area contributed by atoms with Crippen molar-refractivity contribution in [2.45, 2.75) is 51.7 Å². The van der Waals surface area contributed by atoms with E-state index in [9.17, 15) is 18.8 Å². The molecule has 1 aliphatic carbocycles. The van der Waals surface area contributed by atoms with Crippen LogP contribution in [0.3, 0.4) is 0 Å². The number of nitrogens with two attached hydrogens (primary N) is 1. The Morgan fingerprint density at radius 3 is 2.59 bits per heavy atom. The zero-order chi connectivity index (χ0) is 24.8. The van der Waals surface area contributed by atoms with Crippen molar-refractivity contribution in [3.05, 3.63) is 46.8 Å². The topological polar surface area (TPSA) is 128 Å². The van der Waals surface area contributed by atoms with E-state index in [-0.39, 0.29) is 46.9 Å². The molecule has 0 saturated heterocycles. The van der Waals surface area contributed by atoms with E-state index in [1.165, 1.54) is 18.5 Å². The molecular weight excluding hydrogens is 465 g/mol. The van der Waals surface area contributed by atoms with Gasteiger partial charge in [-0.25, -0.2) is 9.37 Å². The second kappa shape index (κ2) is 11.4. The number of benzene rings is 1. The number of amides is 3. The summed E-state index contributed by atoms with van der Waals surface area (Å²) >= 11 is 6.00. The van der Waals surface area contributed by atoms with Crippen LogP contribution in [0.15, 0.2) is 24.5 Å². The minimum absolute atomic E-state index is 0.0251. The molecule has 0 atom stereocenters. The van der Waals surface area contributed by atoms with Crippen LogP contribution in [-0.4, -0.2) is 46.5 Å². The number of nitrogens with one attached hydrogen (secondary N) is 2. The number of carbonyl (C=O) groups is 3. The molecule has 1 aliphatic rings. The highest BCUT2D eigenvalue weighted by atomic mass is 35.5. The van der Waals surface area contributed by atoms with E-state index in [0.717, 1.165) is 6.07 Å². The standard InChI is InChI=1S/C23H29ClFN5O4/c1-13(2)34-10-9-27-23(33)19-20(21(26)31)30(12-28-19)16-6-3-14(4-7-16)22(32)29-18-8-5-15(25)11-17(18)24/h5,8,11-14,16H,3-4,6-7,9-10H2,1-2H3,(H2,26,31)(H,27,33)(H,29,32)/t14-,16-. The van der Waals surface area contributed by atoms with E-state index < -0.39 is 17.6 Å². The van der Waals surface area contributed by atoms with Crippen LogP contribution in [0.25, 0.3) is 0 Å². The fourth-order valence-electron chi connectivity index (χ4n) is 4.03. The van der Waals surface area contributed by atoms with Gasteiger partial charge in [0.15, 0.2) is 5.69 Å². The molecule has 1 saturated carbocycles. The lowest BCUT2D eigenvalue weighted by molar-refractivity contribution is -0.121. The van der Waals surface area contributed by atoms with Gasteiger partial charge in [0, 0.05) is 18.5 Å². The minimum atomic E-state index is -0.744. The largest absolute Gasteiger partial charge is 0.377 e. The number of nitrogens with zero attached hydrogens (tertiary/aromatic N) is 2. The van der Waals surface area contributed by atoms with Crippen molar-refractivity contribution in [2.24, 2.45) is 11.7 Å². The number of primary amides is 1. The lowest BCUT2D eigenvalue weighted by Crippen LogP contribution is -2.32. The number of hydrogen-bond acceptors (Lipinski definition) is 5. The average Bonchev–Trinajstić information content (AvgIpc) is 3.24. The van der Waals surface area contributed by atoms with E-state index in [0.29, 0.717) is 38.0 Å². The van der Waals surface area contributed by atoms with Gasteiger partial charge in [-0.2, -0.15) is 0 Å². The summed E-state index contributed by atoms with van der Waals surface area (Å²) in [5.74, 6) is -2.18. The SMILES string of the molecule is CC(C)OCCNC(=O)c1ncn([C@H]2CC[C@H](C(=O)Nc3ccc(F)cc3Cl)CC2)c1C(N)=O. The van der Waals surface area contributed by atoms with Gasteiger partial charge in [-0.15, -0.1) is 0 Å². The molecule has 3 rings (SSSR count). The van der Waals surface area contributed by atoms with Crippen molar-refractivity contribution >= 4 is 35.0 Å². The number of hydrogen-bond donors (Lipinski definition) is 3. The van der Waals surface area contributed by atoms with Gasteiger partial charge in [-0.05, 0) is 57.7 Å². The number of ether oxygens (including phenoxy) is 1. The van der Waals surface area contributed by atoms with E-state index in [1.54, 1.807) is 4.57 Å². The second-order valence-electron chi connectivity index (χ2n) is 8.51. The Morgan fingerprint density at radius 1 is 1.26 bits per heavy atom. The van der Waals surface area contributed by atoms with Gasteiger partial charge in [-0.1, -0.05) is 11.6 Å². The Labute approximate surface area is 202 Å². The molecule has 4 N–H and O–H groups in total. The quantitative estimate of drug-likeness (QED) is 0.462. The van der Waals surface area contributed by atoms with Crippen LogP contribution in [0, 0.1) is 11.7 Å². The summed E-state index contributed by atoms with van der Waals surface area (Å²) in [4.78, 5) is 41.5. The molecule has 11 heteroatoms. The Balaban J connectivity index is 1.61. The Kier molecular flexibility index (Phi) is 8.62. The summed E-state index contributed by atoms with van der Waals surface area (Å²) in [6.45, 7) is 4.40. The molecule has 1 aromatic heterocycles. The summed E-state index contributed by atoms with van der Waals surface area (Å²) in [5.41, 5.74) is 5.96. The van der Waals surface area contributed by atoms with Crippen LogP contribution in [0.1, 0.15) is 66.5 Å². The molecule has 9 nitrogen and oxygen atoms in total. The van der Waals surface area contributed by atoms with Gasteiger partial charge in [0.05, 0.1) is 29.7 Å². The first kappa shape index (κ1) is 25.6. The summed E-state index contributed by atoms with van der Waals surface area (Å²) in [7, 11) is 0. The van der Waals surface area contributed by atoms with Gasteiger partial charge >= 0.3 is 0 Å². The maximum Gasteiger partial charge on any atom is 0.272 e. The third-order valence-electron chi connectivity index (χ3n) is 5.73. The predicted octanol–water partition coefficient (Wildman–Crippen LogP) is 3.30. The first-order chi connectivity index (χ1) is 16.2. The van der Waals surface area contributed by atoms with Crippen LogP contribution in [0.4, 0.5) is 10.1 Å². The molecule has 2 aromatic rings. The summed E-state index contributed by atoms with van der Waals surface area (Å²) < 4.78 is 20.3. The number of halogens is 2. The molecule has 0 aliphatic heterocycles. The molecule has 0 unspecified atom stereocenters. The molecule has 1 fully saturated rings. The molecule has 184 valence electrons. The van der Waals surface area contributed by atoms with Gasteiger partial charge < -0.3 is 25.7 Å². The van der Waals surface area contributed by atoms with Crippen molar-refractivity contribution in [3.8, 4) is 0 Å². The molecule has 3 amide bonds. The van der Waals surface area contributed by atoms with Crippen LogP contribution >= 0.6 is 11.6 Å². The van der Waals surface area contributed by atoms with Gasteiger partial charge in [0.1, 0.15) is 11.5 Å². The van der Waals surface area contributed by atoms with E-state index in [1.807, 2.05) is 13.8 Å². The molecule has 34 heavy (non-hydrogen) atoms. The zero-order valence-corrected chi connectivity index (χ0v) is 19.9. The van der Waals surface area contributed by atoms with Crippen molar-refractivity contribution in [3.63, 3.8) is 0 Å². The second-order valence-corrected chi connectivity index (χ2v) is 8.91. The lowest BCUT2D eigenvalue weighted by atomic mass is 9.85. The maximum absolute atomic E-state index is 13.2. The molecule has 0 bridgehead atoms. The first-order valence-corrected chi connectivity index (χ1v) is 11.6. The molecular formula is C23H29ClFN5O4. The van der Waals surface area contributed by atoms with E-state index in [2.05, 4.69) is 15.6 Å². The zero-order valence-electron chi connectivity index (χ0n) is 19.1. The highest BCUT2D eigenvalue weighted by Crippen LogP contribution is 2.34. The molecule has 1 heterocycles. The third-order valence-corrected chi connectivity index (χ3v) is 6.04. The monoisotopic (exact) mass is 493 g/mol. The van der Waals surface area contributed by atoms with Gasteiger partial charge in [0.25, 0.3) is 11.8 Å². The lowest BCUT2D eigenvalue weighted by Gasteiger charge is -2.29. The molecule has 0 spiro atoms. The predicted molar refractivity (Wildman–Crippen MR) is 125 cm³/mol. The van der Waals surface area contributed by atoms with Crippen molar-refractivity contribution < 1.29 is 23.5 Å². The Hall–Kier alpha value is -2.98. The maximum atomic E-state index is 13.2. The van der Waals surface area contributed by atoms with Crippen LogP contribution in [0.2, 0.25) is 5.02 Å². The first-order valence-electron chi connectivity index (χ1n) is 11.2. The van der Waals surface area contributed by atoms with Crippen LogP contribution in [-0.2, 0) is 9.53 Å². The summed E-state index contributed by atoms with van der Waals surface area (Å²) in [6.07, 6.45) is 3.79. The highest BCUT2D eigenvalue weighted by molar-refractivity contribution is 6.33. The number of anilines is 1. The Bertz CT molecular complexity index is 1050. The van der Waals surface area contributed by atoms with Gasteiger partial charge in [0.2, 0.25) is 5.91 Å². The smallest absolute Gasteiger partial charge is 0.272 e. The molecule has 1 aromatic carbocycles. The third kappa shape index (κ3) is 6.32. The van der Waals surface area contributed by atoms with E-state index >= 15 is 0 Å². The minimum Gasteiger partial charge on any atom is -0.377 e. The number of carbonyl (C=O) groups excluding carboxylic acids is 3. The fourth-order valence-corrected chi connectivity index (χ4v) is 4.25. The Morgan fingerprint density at radius 2 is 1.97 bits per heavy atom. The van der Waals surface area contributed by atoms with E-state index in [4.69, 9.17) is 22.1 Å². The number of aromatic nitrogens is 2. The fraction of sp³-hybridized carbons (Fsp3) is 0.478. The van der Waals surface area contributed by atoms with Gasteiger partial charge in [-0.3, -0.25) is 14.4 Å². The summed E-state index contributed by atoms with van der Waals surface area (Å²) in [5, 5.41) is 5.56. The highest BCUT2D eigenvalue weighted by Gasteiger charge is 2.31. The number of imidazole rings is 1. The van der Waals surface area contributed by atoms with Crippen molar-refractivity contribution in [1.29, 1.82) is 0 Å². The molecule has 0 radical (unpaired) electrons. The number of rotatable bonds is 9. The normalized spacial score (nSPS) is 18.0.